The third-order valence-corrected chi connectivity index (χ3v) is 5.46. The lowest BCUT2D eigenvalue weighted by Crippen LogP contribution is -2.25. The zero-order valence-corrected chi connectivity index (χ0v) is 13.1. The maximum atomic E-state index is 3.63. The Balaban J connectivity index is 1.86. The molecule has 1 aromatic carbocycles. The SMILES string of the molecule is CCNC(CSC1CCCC(C)C1)c1ccccc1. The summed E-state index contributed by atoms with van der Waals surface area (Å²) < 4.78 is 0. The molecule has 2 heteroatoms. The quantitative estimate of drug-likeness (QED) is 0.812. The van der Waals surface area contributed by atoms with Crippen LogP contribution in [-0.2, 0) is 0 Å². The van der Waals surface area contributed by atoms with E-state index in [4.69, 9.17) is 0 Å². The smallest absolute Gasteiger partial charge is 0.0411 e. The number of benzene rings is 1. The fourth-order valence-electron chi connectivity index (χ4n) is 2.97. The molecule has 0 radical (unpaired) electrons. The maximum Gasteiger partial charge on any atom is 0.0411 e. The molecule has 1 nitrogen and oxygen atoms in total. The molecule has 3 unspecified atom stereocenters. The van der Waals surface area contributed by atoms with Gasteiger partial charge in [0.05, 0.1) is 0 Å². The molecule has 1 fully saturated rings. The molecule has 0 amide bonds. The first-order valence-corrected chi connectivity index (χ1v) is 8.74. The number of hydrogen-bond acceptors (Lipinski definition) is 2. The molecule has 1 aliphatic rings. The summed E-state index contributed by atoms with van der Waals surface area (Å²) in [6, 6.07) is 11.4. The lowest BCUT2D eigenvalue weighted by Gasteiger charge is -2.28. The first-order chi connectivity index (χ1) is 9.29. The highest BCUT2D eigenvalue weighted by Crippen LogP contribution is 2.33. The van der Waals surface area contributed by atoms with Crippen molar-refractivity contribution in [2.24, 2.45) is 5.92 Å². The molecule has 0 aliphatic heterocycles. The van der Waals surface area contributed by atoms with Gasteiger partial charge in [-0.25, -0.2) is 0 Å². The van der Waals surface area contributed by atoms with Crippen molar-refractivity contribution in [1.29, 1.82) is 0 Å². The van der Waals surface area contributed by atoms with Crippen molar-refractivity contribution in [3.05, 3.63) is 35.9 Å². The molecule has 1 aliphatic carbocycles. The summed E-state index contributed by atoms with van der Waals surface area (Å²) in [6.45, 7) is 5.65. The van der Waals surface area contributed by atoms with Gasteiger partial charge in [-0.3, -0.25) is 0 Å². The van der Waals surface area contributed by atoms with Crippen molar-refractivity contribution in [1.82, 2.24) is 5.32 Å². The van der Waals surface area contributed by atoms with E-state index in [1.807, 2.05) is 0 Å². The third kappa shape index (κ3) is 4.85. The summed E-state index contributed by atoms with van der Waals surface area (Å²) in [7, 11) is 0. The van der Waals surface area contributed by atoms with Crippen LogP contribution in [0, 0.1) is 5.92 Å². The first-order valence-electron chi connectivity index (χ1n) is 7.69. The zero-order valence-electron chi connectivity index (χ0n) is 12.3. The van der Waals surface area contributed by atoms with Gasteiger partial charge in [-0.2, -0.15) is 11.8 Å². The minimum Gasteiger partial charge on any atom is -0.310 e. The summed E-state index contributed by atoms with van der Waals surface area (Å²) in [6.07, 6.45) is 5.70. The molecule has 0 saturated heterocycles. The average molecular weight is 277 g/mol. The zero-order chi connectivity index (χ0) is 13.5. The van der Waals surface area contributed by atoms with E-state index in [-0.39, 0.29) is 0 Å². The van der Waals surface area contributed by atoms with E-state index in [1.165, 1.54) is 37.0 Å². The molecule has 0 spiro atoms. The molecular weight excluding hydrogens is 250 g/mol. The highest BCUT2D eigenvalue weighted by atomic mass is 32.2. The van der Waals surface area contributed by atoms with Crippen molar-refractivity contribution in [3.63, 3.8) is 0 Å². The second-order valence-electron chi connectivity index (χ2n) is 5.75. The number of thioether (sulfide) groups is 1. The molecule has 0 bridgehead atoms. The Labute approximate surface area is 122 Å². The minimum atomic E-state index is 0.508. The number of hydrogen-bond donors (Lipinski definition) is 1. The predicted octanol–water partition coefficient (Wildman–Crippen LogP) is 4.65. The van der Waals surface area contributed by atoms with Crippen LogP contribution in [0.4, 0.5) is 0 Å². The van der Waals surface area contributed by atoms with Gasteiger partial charge in [0.25, 0.3) is 0 Å². The van der Waals surface area contributed by atoms with Gasteiger partial charge >= 0.3 is 0 Å². The van der Waals surface area contributed by atoms with Gasteiger partial charge in [-0.1, -0.05) is 57.0 Å². The Morgan fingerprint density at radius 1 is 1.26 bits per heavy atom. The Morgan fingerprint density at radius 3 is 2.74 bits per heavy atom. The third-order valence-electron chi connectivity index (χ3n) is 4.04. The summed E-state index contributed by atoms with van der Waals surface area (Å²) in [4.78, 5) is 0. The monoisotopic (exact) mass is 277 g/mol. The van der Waals surface area contributed by atoms with Crippen LogP contribution in [0.25, 0.3) is 0 Å². The Morgan fingerprint density at radius 2 is 2.05 bits per heavy atom. The lowest BCUT2D eigenvalue weighted by atomic mass is 9.91. The molecule has 1 saturated carbocycles. The molecule has 1 aromatic rings. The van der Waals surface area contributed by atoms with E-state index < -0.39 is 0 Å². The molecule has 2 rings (SSSR count). The summed E-state index contributed by atoms with van der Waals surface area (Å²) >= 11 is 2.18. The van der Waals surface area contributed by atoms with Crippen molar-refractivity contribution in [2.45, 2.75) is 50.8 Å². The van der Waals surface area contributed by atoms with E-state index in [1.54, 1.807) is 0 Å². The fourth-order valence-corrected chi connectivity index (χ4v) is 4.54. The maximum absolute atomic E-state index is 3.63. The van der Waals surface area contributed by atoms with Gasteiger partial charge in [0.1, 0.15) is 0 Å². The van der Waals surface area contributed by atoms with Crippen LogP contribution in [0.5, 0.6) is 0 Å². The van der Waals surface area contributed by atoms with E-state index in [0.29, 0.717) is 6.04 Å². The van der Waals surface area contributed by atoms with Gasteiger partial charge in [0.2, 0.25) is 0 Å². The lowest BCUT2D eigenvalue weighted by molar-refractivity contribution is 0.394. The normalized spacial score (nSPS) is 25.2. The van der Waals surface area contributed by atoms with Gasteiger partial charge in [-0.15, -0.1) is 0 Å². The number of rotatable bonds is 6. The fraction of sp³-hybridized carbons (Fsp3) is 0.647. The average Bonchev–Trinajstić information content (AvgIpc) is 2.44. The molecule has 0 aromatic heterocycles. The van der Waals surface area contributed by atoms with Crippen molar-refractivity contribution in [2.75, 3.05) is 12.3 Å². The highest BCUT2D eigenvalue weighted by Gasteiger charge is 2.20. The highest BCUT2D eigenvalue weighted by molar-refractivity contribution is 7.99. The second-order valence-corrected chi connectivity index (χ2v) is 7.08. The topological polar surface area (TPSA) is 12.0 Å². The Hall–Kier alpha value is -0.470. The van der Waals surface area contributed by atoms with Crippen LogP contribution < -0.4 is 5.32 Å². The van der Waals surface area contributed by atoms with Crippen LogP contribution in [-0.4, -0.2) is 17.5 Å². The first kappa shape index (κ1) is 14.9. The van der Waals surface area contributed by atoms with Crippen molar-refractivity contribution < 1.29 is 0 Å². The Bertz CT molecular complexity index is 352. The van der Waals surface area contributed by atoms with Gasteiger partial charge < -0.3 is 5.32 Å². The summed E-state index contributed by atoms with van der Waals surface area (Å²) in [5.41, 5.74) is 1.43. The number of nitrogens with one attached hydrogen (secondary N) is 1. The minimum absolute atomic E-state index is 0.508. The summed E-state index contributed by atoms with van der Waals surface area (Å²) in [5, 5.41) is 4.51. The van der Waals surface area contributed by atoms with Crippen molar-refractivity contribution in [3.8, 4) is 0 Å². The molecule has 3 atom stereocenters. The van der Waals surface area contributed by atoms with Crippen LogP contribution in [0.15, 0.2) is 30.3 Å². The van der Waals surface area contributed by atoms with Crippen molar-refractivity contribution >= 4 is 11.8 Å². The summed E-state index contributed by atoms with van der Waals surface area (Å²) in [5.74, 6) is 2.13. The molecule has 19 heavy (non-hydrogen) atoms. The molecular formula is C17H27NS. The van der Waals surface area contributed by atoms with Crippen LogP contribution in [0.2, 0.25) is 0 Å². The molecule has 106 valence electrons. The standard InChI is InChI=1S/C17H27NS/c1-3-18-17(15-9-5-4-6-10-15)13-19-16-11-7-8-14(2)12-16/h4-6,9-10,14,16-18H,3,7-8,11-13H2,1-2H3. The van der Waals surface area contributed by atoms with E-state index in [9.17, 15) is 0 Å². The van der Waals surface area contributed by atoms with E-state index in [2.05, 4.69) is 61.3 Å². The van der Waals surface area contributed by atoms with Gasteiger partial charge in [0.15, 0.2) is 0 Å². The molecule has 0 heterocycles. The van der Waals surface area contributed by atoms with Gasteiger partial charge in [0, 0.05) is 17.0 Å². The Kier molecular flexibility index (Phi) is 6.25. The van der Waals surface area contributed by atoms with Crippen LogP contribution in [0.1, 0.15) is 51.1 Å². The van der Waals surface area contributed by atoms with Crippen LogP contribution in [0.3, 0.4) is 0 Å². The molecule has 1 N–H and O–H groups in total. The second kappa shape index (κ2) is 7.96. The van der Waals surface area contributed by atoms with Gasteiger partial charge in [-0.05, 0) is 30.9 Å². The largest absolute Gasteiger partial charge is 0.310 e. The van der Waals surface area contributed by atoms with E-state index >= 15 is 0 Å². The predicted molar refractivity (Wildman–Crippen MR) is 86.7 cm³/mol. The van der Waals surface area contributed by atoms with Crippen LogP contribution >= 0.6 is 11.8 Å². The van der Waals surface area contributed by atoms with E-state index in [0.717, 1.165) is 17.7 Å².